The number of carbonyl (C=O) groups is 3. The summed E-state index contributed by atoms with van der Waals surface area (Å²) >= 11 is 0. The largest absolute Gasteiger partial charge is 0.294 e. The lowest BCUT2D eigenvalue weighted by Crippen LogP contribution is -2.21. The maximum absolute atomic E-state index is 12.7. The minimum Gasteiger partial charge on any atom is -0.294 e. The van der Waals surface area contributed by atoms with Crippen LogP contribution in [0.1, 0.15) is 47.8 Å². The van der Waals surface area contributed by atoms with Crippen molar-refractivity contribution in [2.45, 2.75) is 6.42 Å². The molecule has 0 aliphatic heterocycles. The van der Waals surface area contributed by atoms with Gasteiger partial charge in [-0.15, -0.1) is 0 Å². The van der Waals surface area contributed by atoms with Crippen molar-refractivity contribution in [1.29, 1.82) is 0 Å². The van der Waals surface area contributed by atoms with Crippen molar-refractivity contribution in [2.75, 3.05) is 0 Å². The van der Waals surface area contributed by atoms with Crippen LogP contribution in [0.5, 0.6) is 0 Å². The highest BCUT2D eigenvalue weighted by atomic mass is 16.1. The molecule has 120 valence electrons. The van der Waals surface area contributed by atoms with Crippen molar-refractivity contribution in [1.82, 2.24) is 0 Å². The number of Topliss-reactive ketones (excluding diaryl/α,β-unsaturated/α-hetero) is 1. The molecule has 0 aromatic heterocycles. The Labute approximate surface area is 144 Å². The molecule has 3 aromatic carbocycles. The Bertz CT molecular complexity index is 1020. The predicted molar refractivity (Wildman–Crippen MR) is 94.2 cm³/mol. The first-order valence-electron chi connectivity index (χ1n) is 8.05. The van der Waals surface area contributed by atoms with E-state index in [2.05, 4.69) is 0 Å². The summed E-state index contributed by atoms with van der Waals surface area (Å²) < 4.78 is 0. The van der Waals surface area contributed by atoms with E-state index in [9.17, 15) is 14.4 Å². The van der Waals surface area contributed by atoms with E-state index in [4.69, 9.17) is 0 Å². The summed E-state index contributed by atoms with van der Waals surface area (Å²) in [6.07, 6.45) is 0.195. The van der Waals surface area contributed by atoms with Crippen LogP contribution in [0.4, 0.5) is 0 Å². The number of hydrogen-bond acceptors (Lipinski definition) is 3. The van der Waals surface area contributed by atoms with E-state index in [0.29, 0.717) is 27.8 Å². The molecule has 0 spiro atoms. The third-order valence-corrected chi connectivity index (χ3v) is 4.45. The Morgan fingerprint density at radius 2 is 1.20 bits per heavy atom. The molecule has 0 saturated carbocycles. The number of benzene rings is 3. The number of fused-ring (bicyclic) bond motifs is 2. The average Bonchev–Trinajstić information content (AvgIpc) is 2.67. The van der Waals surface area contributed by atoms with E-state index < -0.39 is 0 Å². The highest BCUT2D eigenvalue weighted by molar-refractivity contribution is 6.28. The summed E-state index contributed by atoms with van der Waals surface area (Å²) in [5.41, 5.74) is 3.00. The lowest BCUT2D eigenvalue weighted by atomic mass is 9.83. The molecule has 25 heavy (non-hydrogen) atoms. The topological polar surface area (TPSA) is 51.2 Å². The van der Waals surface area contributed by atoms with Crippen LogP contribution in [-0.4, -0.2) is 17.3 Å². The van der Waals surface area contributed by atoms with Gasteiger partial charge in [-0.25, -0.2) is 0 Å². The molecule has 3 nitrogen and oxygen atoms in total. The smallest absolute Gasteiger partial charge is 0.194 e. The minimum atomic E-state index is -0.167. The van der Waals surface area contributed by atoms with Gasteiger partial charge in [0.25, 0.3) is 0 Å². The number of hydrogen-bond donors (Lipinski definition) is 0. The molecular weight excluding hydrogens is 312 g/mol. The van der Waals surface area contributed by atoms with Crippen LogP contribution in [0.3, 0.4) is 0 Å². The molecule has 0 fully saturated rings. The molecule has 0 atom stereocenters. The monoisotopic (exact) mass is 326 g/mol. The molecule has 3 heteroatoms. The second-order valence-corrected chi connectivity index (χ2v) is 6.05. The van der Waals surface area contributed by atoms with Gasteiger partial charge in [0, 0.05) is 34.2 Å². The van der Waals surface area contributed by atoms with E-state index in [1.165, 1.54) is 0 Å². The standard InChI is InChI=1S/C22H14O3/c23-20(15-6-2-1-3-7-15)13-14-10-11-18-19(12-14)22(25)17-9-5-4-8-16(17)21(18)24/h1-12H,13H2. The molecule has 0 radical (unpaired) electrons. The Balaban J connectivity index is 1.70. The molecule has 0 N–H and O–H groups in total. The van der Waals surface area contributed by atoms with E-state index in [-0.39, 0.29) is 23.8 Å². The maximum Gasteiger partial charge on any atom is 0.194 e. The van der Waals surface area contributed by atoms with Gasteiger partial charge in [0.2, 0.25) is 0 Å². The van der Waals surface area contributed by atoms with Crippen LogP contribution in [0.15, 0.2) is 72.8 Å². The summed E-state index contributed by atoms with van der Waals surface area (Å²) in [6, 6.07) is 20.9. The molecule has 4 rings (SSSR count). The summed E-state index contributed by atoms with van der Waals surface area (Å²) in [7, 11) is 0. The lowest BCUT2D eigenvalue weighted by Gasteiger charge is -2.18. The Morgan fingerprint density at radius 3 is 1.88 bits per heavy atom. The zero-order valence-electron chi connectivity index (χ0n) is 13.4. The van der Waals surface area contributed by atoms with Gasteiger partial charge in [0.1, 0.15) is 0 Å². The molecule has 1 aliphatic carbocycles. The van der Waals surface area contributed by atoms with Crippen LogP contribution < -0.4 is 0 Å². The van der Waals surface area contributed by atoms with Crippen LogP contribution in [0, 0.1) is 0 Å². The second kappa shape index (κ2) is 5.95. The van der Waals surface area contributed by atoms with Gasteiger partial charge in [-0.2, -0.15) is 0 Å². The molecular formula is C22H14O3. The van der Waals surface area contributed by atoms with Crippen molar-refractivity contribution in [3.63, 3.8) is 0 Å². The first-order valence-corrected chi connectivity index (χ1v) is 8.05. The van der Waals surface area contributed by atoms with Gasteiger partial charge in [-0.05, 0) is 11.6 Å². The van der Waals surface area contributed by atoms with Gasteiger partial charge < -0.3 is 0 Å². The number of rotatable bonds is 3. The normalized spacial score (nSPS) is 12.5. The van der Waals surface area contributed by atoms with E-state index in [0.717, 1.165) is 5.56 Å². The zero-order chi connectivity index (χ0) is 17.4. The van der Waals surface area contributed by atoms with Crippen LogP contribution in [-0.2, 0) is 6.42 Å². The first kappa shape index (κ1) is 15.2. The fraction of sp³-hybridized carbons (Fsp3) is 0.0455. The number of carbonyl (C=O) groups excluding carboxylic acids is 3. The van der Waals surface area contributed by atoms with E-state index in [1.54, 1.807) is 54.6 Å². The zero-order valence-corrected chi connectivity index (χ0v) is 13.4. The van der Waals surface area contributed by atoms with Crippen LogP contribution in [0.25, 0.3) is 0 Å². The SMILES string of the molecule is O=C(Cc1ccc2c(c1)C(=O)c1ccccc1C2=O)c1ccccc1. The van der Waals surface area contributed by atoms with Gasteiger partial charge in [0.15, 0.2) is 17.3 Å². The van der Waals surface area contributed by atoms with Gasteiger partial charge >= 0.3 is 0 Å². The van der Waals surface area contributed by atoms with Gasteiger partial charge in [-0.3, -0.25) is 14.4 Å². The fourth-order valence-electron chi connectivity index (χ4n) is 3.17. The van der Waals surface area contributed by atoms with Crippen molar-refractivity contribution < 1.29 is 14.4 Å². The van der Waals surface area contributed by atoms with Crippen molar-refractivity contribution in [2.24, 2.45) is 0 Å². The molecule has 0 saturated heterocycles. The molecule has 0 amide bonds. The third kappa shape index (κ3) is 2.60. The van der Waals surface area contributed by atoms with Gasteiger partial charge in [0.05, 0.1) is 0 Å². The average molecular weight is 326 g/mol. The Hall–Kier alpha value is -3.33. The molecule has 3 aromatic rings. The van der Waals surface area contributed by atoms with Crippen molar-refractivity contribution >= 4 is 17.3 Å². The summed E-state index contributed by atoms with van der Waals surface area (Å²) in [4.78, 5) is 37.7. The van der Waals surface area contributed by atoms with Crippen molar-refractivity contribution in [3.05, 3.63) is 106 Å². The summed E-state index contributed by atoms with van der Waals surface area (Å²) in [6.45, 7) is 0. The quantitative estimate of drug-likeness (QED) is 0.537. The molecule has 0 bridgehead atoms. The van der Waals surface area contributed by atoms with Crippen molar-refractivity contribution in [3.8, 4) is 0 Å². The molecule has 0 unspecified atom stereocenters. The maximum atomic E-state index is 12.7. The fourth-order valence-corrected chi connectivity index (χ4v) is 3.17. The second-order valence-electron chi connectivity index (χ2n) is 6.05. The van der Waals surface area contributed by atoms with Crippen LogP contribution >= 0.6 is 0 Å². The predicted octanol–water partition coefficient (Wildman–Crippen LogP) is 3.89. The highest BCUT2D eigenvalue weighted by Gasteiger charge is 2.29. The van der Waals surface area contributed by atoms with Gasteiger partial charge in [-0.1, -0.05) is 66.7 Å². The van der Waals surface area contributed by atoms with E-state index >= 15 is 0 Å². The summed E-state index contributed by atoms with van der Waals surface area (Å²) in [5.74, 6) is -0.333. The lowest BCUT2D eigenvalue weighted by molar-refractivity contribution is 0.0978. The minimum absolute atomic E-state index is 0.0180. The molecule has 1 aliphatic rings. The first-order chi connectivity index (χ1) is 12.1. The van der Waals surface area contributed by atoms with Crippen LogP contribution in [0.2, 0.25) is 0 Å². The molecule has 0 heterocycles. The third-order valence-electron chi connectivity index (χ3n) is 4.45. The Morgan fingerprint density at radius 1 is 0.640 bits per heavy atom. The van der Waals surface area contributed by atoms with E-state index in [1.807, 2.05) is 18.2 Å². The summed E-state index contributed by atoms with van der Waals surface area (Å²) in [5, 5.41) is 0. The highest BCUT2D eigenvalue weighted by Crippen LogP contribution is 2.28. The number of ketones is 3. The Kier molecular flexibility index (Phi) is 3.62.